The van der Waals surface area contributed by atoms with Crippen LogP contribution in [0.25, 0.3) is 0 Å². The minimum absolute atomic E-state index is 0.847. The second kappa shape index (κ2) is 2.49. The van der Waals surface area contributed by atoms with Crippen LogP contribution in [0.2, 0.25) is 0 Å². The molecule has 0 heterocycles. The number of carbonyl (C=O) groups excluding carboxylic acids is 2. The molecular formula is C3H6O5P+. The van der Waals surface area contributed by atoms with E-state index < -0.39 is 19.3 Å². The van der Waals surface area contributed by atoms with E-state index in [1.807, 2.05) is 0 Å². The van der Waals surface area contributed by atoms with Crippen LogP contribution in [-0.2, 0) is 9.59 Å². The highest BCUT2D eigenvalue weighted by Crippen LogP contribution is 2.45. The van der Waals surface area contributed by atoms with E-state index in [1.165, 1.54) is 0 Å². The Labute approximate surface area is 51.5 Å². The molecule has 0 aromatic carbocycles. The van der Waals surface area contributed by atoms with Gasteiger partial charge in [-0.25, -0.2) is 4.79 Å². The average Bonchev–Trinajstić information content (AvgIpc) is 1.62. The van der Waals surface area contributed by atoms with Crippen molar-refractivity contribution in [3.8, 4) is 0 Å². The van der Waals surface area contributed by atoms with Crippen molar-refractivity contribution in [2.75, 3.05) is 0 Å². The largest absolute Gasteiger partial charge is 0.487 e. The summed E-state index contributed by atoms with van der Waals surface area (Å²) in [6, 6.07) is 0. The first-order valence-electron chi connectivity index (χ1n) is 1.98. The fraction of sp³-hybridized carbons (Fsp3) is 0.333. The van der Waals surface area contributed by atoms with Crippen molar-refractivity contribution in [3.05, 3.63) is 0 Å². The molecule has 0 aliphatic carbocycles. The fourth-order valence-corrected chi connectivity index (χ4v) is 0.634. The van der Waals surface area contributed by atoms with Gasteiger partial charge in [-0.1, -0.05) is 0 Å². The third-order valence-electron chi connectivity index (χ3n) is 0.574. The van der Waals surface area contributed by atoms with E-state index in [9.17, 15) is 9.59 Å². The fourth-order valence-electron chi connectivity index (χ4n) is 0.211. The maximum absolute atomic E-state index is 10.1. The summed E-state index contributed by atoms with van der Waals surface area (Å²) in [7, 11) is -4.55. The van der Waals surface area contributed by atoms with E-state index >= 15 is 0 Å². The molecule has 0 aliphatic heterocycles. The summed E-state index contributed by atoms with van der Waals surface area (Å²) >= 11 is 0. The molecule has 5 nitrogen and oxygen atoms in total. The lowest BCUT2D eigenvalue weighted by Crippen LogP contribution is -2.13. The summed E-state index contributed by atoms with van der Waals surface area (Å²) in [5.41, 5.74) is -1.53. The van der Waals surface area contributed by atoms with Crippen molar-refractivity contribution < 1.29 is 24.3 Å². The van der Waals surface area contributed by atoms with Gasteiger partial charge >= 0.3 is 13.5 Å². The minimum Gasteiger partial charge on any atom is -0.286 e. The molecule has 0 unspecified atom stereocenters. The molecule has 0 aromatic rings. The third kappa shape index (κ3) is 2.62. The monoisotopic (exact) mass is 153 g/mol. The molecule has 0 aromatic heterocycles. The van der Waals surface area contributed by atoms with Crippen LogP contribution in [0.1, 0.15) is 6.92 Å². The normalized spacial score (nSPS) is 11.1. The molecule has 52 valence electrons. The predicted octanol–water partition coefficient (Wildman–Crippen LogP) is -1.16. The Kier molecular flexibility index (Phi) is 2.40. The first kappa shape index (κ1) is 8.65. The Morgan fingerprint density at radius 1 is 1.22 bits per heavy atom. The molecule has 3 N–H and O–H groups in total. The zero-order chi connectivity index (χ0) is 7.65. The van der Waals surface area contributed by atoms with Crippen LogP contribution < -0.4 is 0 Å². The molecule has 0 saturated heterocycles. The van der Waals surface area contributed by atoms with Gasteiger partial charge in [0, 0.05) is 6.92 Å². The third-order valence-corrected chi connectivity index (χ3v) is 1.43. The van der Waals surface area contributed by atoms with Crippen LogP contribution >= 0.6 is 7.94 Å². The molecule has 0 rings (SSSR count). The summed E-state index contributed by atoms with van der Waals surface area (Å²) in [6.07, 6.45) is 0. The lowest BCUT2D eigenvalue weighted by atomic mass is 10.5. The lowest BCUT2D eigenvalue weighted by molar-refractivity contribution is -0.132. The first-order valence-corrected chi connectivity index (χ1v) is 3.63. The Bertz CT molecular complexity index is 145. The predicted molar refractivity (Wildman–Crippen MR) is 29.3 cm³/mol. The Morgan fingerprint density at radius 2 is 1.56 bits per heavy atom. The van der Waals surface area contributed by atoms with E-state index in [2.05, 4.69) is 0 Å². The highest BCUT2D eigenvalue weighted by molar-refractivity contribution is 7.78. The van der Waals surface area contributed by atoms with Gasteiger partial charge in [0.2, 0.25) is 5.78 Å². The van der Waals surface area contributed by atoms with Crippen LogP contribution in [0.15, 0.2) is 0 Å². The van der Waals surface area contributed by atoms with Gasteiger partial charge in [0.05, 0.1) is 0 Å². The molecule has 0 amide bonds. The lowest BCUT2D eigenvalue weighted by Gasteiger charge is -1.95. The molecule has 0 fully saturated rings. The maximum Gasteiger partial charge on any atom is 0.487 e. The van der Waals surface area contributed by atoms with E-state index in [0.29, 0.717) is 0 Å². The zero-order valence-corrected chi connectivity index (χ0v) is 5.50. The van der Waals surface area contributed by atoms with Crippen molar-refractivity contribution in [2.45, 2.75) is 6.92 Å². The SMILES string of the molecule is CC(=O)C(=O)[P+](O)(O)O. The summed E-state index contributed by atoms with van der Waals surface area (Å²) in [6.45, 7) is 0.847. The second-order valence-electron chi connectivity index (χ2n) is 1.43. The van der Waals surface area contributed by atoms with Crippen molar-refractivity contribution >= 4 is 19.3 Å². The number of hydrogen-bond acceptors (Lipinski definition) is 5. The number of carbonyl (C=O) groups is 2. The van der Waals surface area contributed by atoms with E-state index in [1.54, 1.807) is 0 Å². The summed E-state index contributed by atoms with van der Waals surface area (Å²) in [5.74, 6) is -1.06. The Balaban J connectivity index is 4.23. The number of Topliss-reactive ketones (excluding diaryl/α,β-unsaturated/α-hetero) is 1. The van der Waals surface area contributed by atoms with Crippen molar-refractivity contribution in [1.82, 2.24) is 0 Å². The van der Waals surface area contributed by atoms with Gasteiger partial charge in [-0.05, 0) is 0 Å². The summed E-state index contributed by atoms with van der Waals surface area (Å²) in [4.78, 5) is 44.4. The molecule has 0 spiro atoms. The topological polar surface area (TPSA) is 94.8 Å². The molecule has 0 saturated carbocycles. The van der Waals surface area contributed by atoms with Crippen LogP contribution in [0, 0.1) is 0 Å². The molecule has 9 heavy (non-hydrogen) atoms. The van der Waals surface area contributed by atoms with Gasteiger partial charge in [0.15, 0.2) is 0 Å². The zero-order valence-electron chi connectivity index (χ0n) is 4.61. The smallest absolute Gasteiger partial charge is 0.286 e. The van der Waals surface area contributed by atoms with Gasteiger partial charge in [-0.15, -0.1) is 0 Å². The maximum atomic E-state index is 10.1. The molecule has 6 heteroatoms. The summed E-state index contributed by atoms with van der Waals surface area (Å²) < 4.78 is 0. The molecule has 0 atom stereocenters. The van der Waals surface area contributed by atoms with Gasteiger partial charge in [-0.3, -0.25) is 4.79 Å². The summed E-state index contributed by atoms with van der Waals surface area (Å²) in [5, 5.41) is 0. The quantitative estimate of drug-likeness (QED) is 0.343. The van der Waals surface area contributed by atoms with Crippen molar-refractivity contribution in [2.24, 2.45) is 0 Å². The van der Waals surface area contributed by atoms with Crippen LogP contribution in [0.4, 0.5) is 0 Å². The van der Waals surface area contributed by atoms with E-state index in [-0.39, 0.29) is 0 Å². The number of ketones is 1. The van der Waals surface area contributed by atoms with E-state index in [4.69, 9.17) is 14.7 Å². The van der Waals surface area contributed by atoms with Gasteiger partial charge in [-0.2, -0.15) is 14.7 Å². The minimum atomic E-state index is -4.55. The van der Waals surface area contributed by atoms with Gasteiger partial charge in [0.1, 0.15) is 0 Å². The molecular weight excluding hydrogens is 147 g/mol. The van der Waals surface area contributed by atoms with Crippen LogP contribution in [-0.4, -0.2) is 26.0 Å². The molecule has 0 radical (unpaired) electrons. The van der Waals surface area contributed by atoms with Crippen LogP contribution in [0.3, 0.4) is 0 Å². The second-order valence-corrected chi connectivity index (χ2v) is 2.97. The molecule has 0 bridgehead atoms. The highest BCUT2D eigenvalue weighted by Gasteiger charge is 2.45. The Morgan fingerprint density at radius 3 is 1.56 bits per heavy atom. The van der Waals surface area contributed by atoms with Gasteiger partial charge in [0.25, 0.3) is 0 Å². The van der Waals surface area contributed by atoms with Crippen LogP contribution in [0.5, 0.6) is 0 Å². The number of hydrogen-bond donors (Lipinski definition) is 3. The van der Waals surface area contributed by atoms with Crippen molar-refractivity contribution in [3.63, 3.8) is 0 Å². The standard InChI is InChI=1S/C3H6O5P/c1-2(4)3(5)9(6,7)8/h6-8H,1H3/q+1. The highest BCUT2D eigenvalue weighted by atomic mass is 31.2. The van der Waals surface area contributed by atoms with Crippen molar-refractivity contribution in [1.29, 1.82) is 0 Å². The Hall–Kier alpha value is -0.350. The molecule has 0 aliphatic rings. The first-order chi connectivity index (χ1) is 3.85. The van der Waals surface area contributed by atoms with E-state index in [0.717, 1.165) is 6.92 Å². The average molecular weight is 153 g/mol. The van der Waals surface area contributed by atoms with Gasteiger partial charge < -0.3 is 0 Å². The number of rotatable bonds is 2.